The number of hydrogen-bond acceptors (Lipinski definition) is 3. The summed E-state index contributed by atoms with van der Waals surface area (Å²) in [6.45, 7) is 4.22. The minimum atomic E-state index is -0.233. The van der Waals surface area contributed by atoms with Crippen molar-refractivity contribution < 1.29 is 4.79 Å². The second kappa shape index (κ2) is 8.50. The number of nitrogen functional groups attached to an aromatic ring is 1. The van der Waals surface area contributed by atoms with Gasteiger partial charge < -0.3 is 11.1 Å². The minimum absolute atomic E-state index is 0. The largest absolute Gasteiger partial charge is 0.399 e. The lowest BCUT2D eigenvalue weighted by Gasteiger charge is -2.10. The fraction of sp³-hybridized carbons (Fsp3) is 0.176. The molecule has 2 aromatic carbocycles. The Morgan fingerprint density at radius 2 is 1.61 bits per heavy atom. The molecule has 0 radical (unpaired) electrons. The number of carbonyl (C=O) groups excluding carboxylic acids is 1. The Kier molecular flexibility index (Phi) is 7.00. The second-order valence-electron chi connectivity index (χ2n) is 5.31. The molecule has 0 spiro atoms. The Hall–Kier alpha value is -2.11. The van der Waals surface area contributed by atoms with E-state index in [4.69, 9.17) is 18.0 Å². The van der Waals surface area contributed by atoms with E-state index in [1.807, 2.05) is 12.1 Å². The molecule has 0 aliphatic heterocycles. The first-order chi connectivity index (χ1) is 10.5. The van der Waals surface area contributed by atoms with Crippen LogP contribution < -0.4 is 16.4 Å². The molecule has 2 aromatic rings. The molecule has 4 N–H and O–H groups in total. The van der Waals surface area contributed by atoms with Gasteiger partial charge in [-0.15, -0.1) is 12.4 Å². The van der Waals surface area contributed by atoms with Gasteiger partial charge in [-0.3, -0.25) is 10.1 Å². The molecule has 0 aliphatic rings. The number of thiocarbonyl (C=S) groups is 1. The maximum Gasteiger partial charge on any atom is 0.257 e. The first kappa shape index (κ1) is 18.9. The lowest BCUT2D eigenvalue weighted by Crippen LogP contribution is -2.34. The Labute approximate surface area is 147 Å². The predicted octanol–water partition coefficient (Wildman–Crippen LogP) is 3.94. The molecule has 4 nitrogen and oxygen atoms in total. The van der Waals surface area contributed by atoms with E-state index in [0.29, 0.717) is 17.2 Å². The maximum absolute atomic E-state index is 12.1. The smallest absolute Gasteiger partial charge is 0.257 e. The van der Waals surface area contributed by atoms with Crippen LogP contribution in [-0.2, 0) is 0 Å². The summed E-state index contributed by atoms with van der Waals surface area (Å²) in [6.07, 6.45) is 0. The lowest BCUT2D eigenvalue weighted by atomic mass is 10.0. The molecule has 0 atom stereocenters. The third-order valence-corrected chi connectivity index (χ3v) is 3.44. The number of nitrogens with one attached hydrogen (secondary N) is 2. The molecule has 0 aliphatic carbocycles. The third-order valence-electron chi connectivity index (χ3n) is 3.24. The summed E-state index contributed by atoms with van der Waals surface area (Å²) in [5, 5.41) is 5.85. The van der Waals surface area contributed by atoms with Gasteiger partial charge in [0.2, 0.25) is 0 Å². The molecule has 0 aromatic heterocycles. The van der Waals surface area contributed by atoms with Crippen LogP contribution >= 0.6 is 24.6 Å². The molecule has 0 bridgehead atoms. The molecule has 6 heteroatoms. The molecular weight excluding hydrogens is 330 g/mol. The molecule has 1 amide bonds. The number of anilines is 2. The van der Waals surface area contributed by atoms with E-state index in [1.54, 1.807) is 36.4 Å². The van der Waals surface area contributed by atoms with Gasteiger partial charge in [0.25, 0.3) is 5.91 Å². The van der Waals surface area contributed by atoms with E-state index in [0.717, 1.165) is 5.69 Å². The van der Waals surface area contributed by atoms with Gasteiger partial charge in [-0.2, -0.15) is 0 Å². The minimum Gasteiger partial charge on any atom is -0.399 e. The first-order valence-electron chi connectivity index (χ1n) is 7.03. The van der Waals surface area contributed by atoms with Crippen molar-refractivity contribution in [2.45, 2.75) is 19.8 Å². The van der Waals surface area contributed by atoms with Crippen molar-refractivity contribution in [2.75, 3.05) is 11.1 Å². The second-order valence-corrected chi connectivity index (χ2v) is 5.72. The van der Waals surface area contributed by atoms with E-state index in [-0.39, 0.29) is 23.4 Å². The van der Waals surface area contributed by atoms with Gasteiger partial charge in [0.05, 0.1) is 0 Å². The summed E-state index contributed by atoms with van der Waals surface area (Å²) in [6, 6.07) is 14.6. The fourth-order valence-electron chi connectivity index (χ4n) is 1.92. The summed E-state index contributed by atoms with van der Waals surface area (Å²) >= 11 is 5.14. The number of nitrogens with two attached hydrogens (primary N) is 1. The van der Waals surface area contributed by atoms with Crippen LogP contribution in [0.5, 0.6) is 0 Å². The number of hydrogen-bond donors (Lipinski definition) is 3. The van der Waals surface area contributed by atoms with Gasteiger partial charge in [-0.1, -0.05) is 26.0 Å². The number of carbonyl (C=O) groups is 1. The van der Waals surface area contributed by atoms with Gasteiger partial charge in [-0.25, -0.2) is 0 Å². The Balaban J connectivity index is 0.00000264. The van der Waals surface area contributed by atoms with Gasteiger partial charge in [0, 0.05) is 16.9 Å². The Morgan fingerprint density at radius 1 is 1.04 bits per heavy atom. The predicted molar refractivity (Wildman–Crippen MR) is 102 cm³/mol. The molecule has 0 unspecified atom stereocenters. The molecule has 122 valence electrons. The Bertz CT molecular complexity index is 669. The van der Waals surface area contributed by atoms with Crippen molar-refractivity contribution in [1.29, 1.82) is 0 Å². The van der Waals surface area contributed by atoms with Crippen LogP contribution in [0.15, 0.2) is 48.5 Å². The highest BCUT2D eigenvalue weighted by molar-refractivity contribution is 7.80. The zero-order chi connectivity index (χ0) is 16.1. The topological polar surface area (TPSA) is 67.2 Å². The molecule has 0 saturated carbocycles. The summed E-state index contributed by atoms with van der Waals surface area (Å²) in [4.78, 5) is 12.1. The zero-order valence-electron chi connectivity index (χ0n) is 13.0. The quantitative estimate of drug-likeness (QED) is 0.580. The average molecular weight is 350 g/mol. The maximum atomic E-state index is 12.1. The van der Waals surface area contributed by atoms with Crippen molar-refractivity contribution in [3.63, 3.8) is 0 Å². The van der Waals surface area contributed by atoms with Crippen LogP contribution in [0.3, 0.4) is 0 Å². The first-order valence-corrected chi connectivity index (χ1v) is 7.44. The standard InChI is InChI=1S/C17H19N3OS.ClH/c1-11(2)12-3-5-13(6-4-12)16(21)20-17(22)19-15-9-7-14(18)8-10-15;/h3-11H,18H2,1-2H3,(H2,19,20,21,22);1H. The lowest BCUT2D eigenvalue weighted by molar-refractivity contribution is 0.0977. The van der Waals surface area contributed by atoms with Crippen molar-refractivity contribution in [3.8, 4) is 0 Å². The summed E-state index contributed by atoms with van der Waals surface area (Å²) in [5.41, 5.74) is 8.83. The van der Waals surface area contributed by atoms with Crippen LogP contribution in [0.4, 0.5) is 11.4 Å². The van der Waals surface area contributed by atoms with E-state index in [9.17, 15) is 4.79 Å². The summed E-state index contributed by atoms with van der Waals surface area (Å²) < 4.78 is 0. The van der Waals surface area contributed by atoms with Crippen LogP contribution in [0.1, 0.15) is 35.7 Å². The van der Waals surface area contributed by atoms with E-state index in [1.165, 1.54) is 5.56 Å². The monoisotopic (exact) mass is 349 g/mol. The van der Waals surface area contributed by atoms with Gasteiger partial charge in [0.1, 0.15) is 0 Å². The van der Waals surface area contributed by atoms with Crippen LogP contribution in [-0.4, -0.2) is 11.0 Å². The van der Waals surface area contributed by atoms with Crippen LogP contribution in [0.25, 0.3) is 0 Å². The van der Waals surface area contributed by atoms with Gasteiger partial charge in [0.15, 0.2) is 5.11 Å². The van der Waals surface area contributed by atoms with Crippen LogP contribution in [0, 0.1) is 0 Å². The molecule has 0 fully saturated rings. The molecular formula is C17H20ClN3OS. The highest BCUT2D eigenvalue weighted by atomic mass is 35.5. The Morgan fingerprint density at radius 3 is 2.13 bits per heavy atom. The number of amides is 1. The highest BCUT2D eigenvalue weighted by Gasteiger charge is 2.08. The van der Waals surface area contributed by atoms with E-state index in [2.05, 4.69) is 24.5 Å². The average Bonchev–Trinajstić information content (AvgIpc) is 2.49. The fourth-order valence-corrected chi connectivity index (χ4v) is 2.13. The number of rotatable bonds is 3. The highest BCUT2D eigenvalue weighted by Crippen LogP contribution is 2.15. The molecule has 0 heterocycles. The molecule has 23 heavy (non-hydrogen) atoms. The van der Waals surface area contributed by atoms with Crippen molar-refractivity contribution in [2.24, 2.45) is 0 Å². The SMILES string of the molecule is CC(C)c1ccc(C(=O)NC(=S)Nc2ccc(N)cc2)cc1.Cl. The molecule has 2 rings (SSSR count). The normalized spacial score (nSPS) is 9.87. The van der Waals surface area contributed by atoms with Crippen molar-refractivity contribution in [3.05, 3.63) is 59.7 Å². The van der Waals surface area contributed by atoms with E-state index >= 15 is 0 Å². The number of halogens is 1. The third kappa shape index (κ3) is 5.54. The zero-order valence-corrected chi connectivity index (χ0v) is 14.6. The number of benzene rings is 2. The van der Waals surface area contributed by atoms with Gasteiger partial charge >= 0.3 is 0 Å². The van der Waals surface area contributed by atoms with Gasteiger partial charge in [-0.05, 0) is 60.1 Å². The van der Waals surface area contributed by atoms with Crippen LogP contribution in [0.2, 0.25) is 0 Å². The van der Waals surface area contributed by atoms with Crippen molar-refractivity contribution in [1.82, 2.24) is 5.32 Å². The van der Waals surface area contributed by atoms with Crippen molar-refractivity contribution >= 4 is 47.0 Å². The van der Waals surface area contributed by atoms with E-state index < -0.39 is 0 Å². The summed E-state index contributed by atoms with van der Waals surface area (Å²) in [7, 11) is 0. The molecule has 0 saturated heterocycles. The summed E-state index contributed by atoms with van der Waals surface area (Å²) in [5.74, 6) is 0.202.